The third-order valence-electron chi connectivity index (χ3n) is 3.37. The Morgan fingerprint density at radius 3 is 2.00 bits per heavy atom. The fraction of sp³-hybridized carbons (Fsp3) is 0. The summed E-state index contributed by atoms with van der Waals surface area (Å²) in [7, 11) is 0. The molecule has 3 aromatic rings. The molecule has 3 aromatic carbocycles. The maximum Gasteiger partial charge on any atom is 0.323 e. The monoisotopic (exact) mass is 322 g/mol. The first-order chi connectivity index (χ1) is 11.2. The number of anilines is 2. The average molecular weight is 323 g/mol. The second kappa shape index (κ2) is 6.99. The molecule has 0 aliphatic heterocycles. The van der Waals surface area contributed by atoms with E-state index in [1.165, 1.54) is 0 Å². The van der Waals surface area contributed by atoms with Crippen molar-refractivity contribution in [3.63, 3.8) is 0 Å². The number of hydrogen-bond acceptors (Lipinski definition) is 1. The number of carbonyl (C=O) groups excluding carboxylic acids is 1. The molecule has 3 nitrogen and oxygen atoms in total. The maximum atomic E-state index is 12.0. The van der Waals surface area contributed by atoms with Crippen molar-refractivity contribution < 1.29 is 4.79 Å². The van der Waals surface area contributed by atoms with Crippen molar-refractivity contribution >= 4 is 29.0 Å². The van der Waals surface area contributed by atoms with Crippen molar-refractivity contribution in [2.75, 3.05) is 10.6 Å². The van der Waals surface area contributed by atoms with Gasteiger partial charge in [0, 0.05) is 5.69 Å². The van der Waals surface area contributed by atoms with Gasteiger partial charge < -0.3 is 10.6 Å². The van der Waals surface area contributed by atoms with Gasteiger partial charge in [-0.2, -0.15) is 0 Å². The number of rotatable bonds is 3. The SMILES string of the molecule is O=C(Nc1ccc(-c2ccccc2)cc1)Nc1ccccc1Cl. The largest absolute Gasteiger partial charge is 0.323 e. The number of urea groups is 1. The predicted molar refractivity (Wildman–Crippen MR) is 96.0 cm³/mol. The molecule has 2 N–H and O–H groups in total. The van der Waals surface area contributed by atoms with Crippen molar-refractivity contribution in [1.82, 2.24) is 0 Å². The van der Waals surface area contributed by atoms with Crippen LogP contribution in [0.1, 0.15) is 0 Å². The van der Waals surface area contributed by atoms with Crippen LogP contribution in [0.4, 0.5) is 16.2 Å². The quantitative estimate of drug-likeness (QED) is 0.642. The summed E-state index contributed by atoms with van der Waals surface area (Å²) in [5, 5.41) is 6.01. The summed E-state index contributed by atoms with van der Waals surface area (Å²) in [6, 6.07) is 24.5. The minimum absolute atomic E-state index is 0.328. The first-order valence-corrected chi connectivity index (χ1v) is 7.58. The lowest BCUT2D eigenvalue weighted by atomic mass is 10.1. The Hall–Kier alpha value is -2.78. The van der Waals surface area contributed by atoms with E-state index in [-0.39, 0.29) is 6.03 Å². The van der Waals surface area contributed by atoms with Crippen LogP contribution in [0, 0.1) is 0 Å². The summed E-state index contributed by atoms with van der Waals surface area (Å²) in [4.78, 5) is 12.0. The zero-order chi connectivity index (χ0) is 16.1. The Labute approximate surface area is 139 Å². The van der Waals surface area contributed by atoms with Crippen LogP contribution in [0.25, 0.3) is 11.1 Å². The Kier molecular flexibility index (Phi) is 4.60. The summed E-state index contributed by atoms with van der Waals surface area (Å²) < 4.78 is 0. The summed E-state index contributed by atoms with van der Waals surface area (Å²) in [6.07, 6.45) is 0. The van der Waals surface area contributed by atoms with Gasteiger partial charge in [0.05, 0.1) is 10.7 Å². The molecule has 0 unspecified atom stereocenters. The molecule has 0 fully saturated rings. The van der Waals surface area contributed by atoms with Crippen LogP contribution >= 0.6 is 11.6 Å². The molecule has 4 heteroatoms. The normalized spacial score (nSPS) is 10.1. The predicted octanol–water partition coefficient (Wildman–Crippen LogP) is 5.65. The standard InChI is InChI=1S/C19H15ClN2O/c20-17-8-4-5-9-18(17)22-19(23)21-16-12-10-15(11-13-16)14-6-2-1-3-7-14/h1-13H,(H2,21,22,23). The summed E-state index contributed by atoms with van der Waals surface area (Å²) in [5.74, 6) is 0. The van der Waals surface area contributed by atoms with E-state index >= 15 is 0 Å². The van der Waals surface area contributed by atoms with Crippen LogP contribution in [0.2, 0.25) is 5.02 Å². The van der Waals surface area contributed by atoms with Crippen LogP contribution in [0.15, 0.2) is 78.9 Å². The van der Waals surface area contributed by atoms with Gasteiger partial charge in [-0.15, -0.1) is 0 Å². The zero-order valence-corrected chi connectivity index (χ0v) is 13.0. The lowest BCUT2D eigenvalue weighted by Crippen LogP contribution is -2.19. The molecule has 2 amide bonds. The Balaban J connectivity index is 1.66. The highest BCUT2D eigenvalue weighted by molar-refractivity contribution is 6.33. The minimum Gasteiger partial charge on any atom is -0.308 e. The smallest absolute Gasteiger partial charge is 0.308 e. The summed E-state index contributed by atoms with van der Waals surface area (Å²) >= 11 is 6.02. The van der Waals surface area contributed by atoms with Crippen LogP contribution in [-0.4, -0.2) is 6.03 Å². The fourth-order valence-corrected chi connectivity index (χ4v) is 2.41. The molecule has 0 saturated carbocycles. The van der Waals surface area contributed by atoms with E-state index in [1.807, 2.05) is 66.7 Å². The zero-order valence-electron chi connectivity index (χ0n) is 12.3. The van der Waals surface area contributed by atoms with E-state index in [4.69, 9.17) is 11.6 Å². The van der Waals surface area contributed by atoms with Gasteiger partial charge in [-0.1, -0.05) is 66.2 Å². The van der Waals surface area contributed by atoms with E-state index < -0.39 is 0 Å². The third kappa shape index (κ3) is 3.90. The molecule has 3 rings (SSSR count). The molecule has 0 atom stereocenters. The van der Waals surface area contributed by atoms with Crippen molar-refractivity contribution in [3.8, 4) is 11.1 Å². The number of carbonyl (C=O) groups is 1. The van der Waals surface area contributed by atoms with Gasteiger partial charge in [-0.3, -0.25) is 0 Å². The molecule has 0 spiro atoms. The fourth-order valence-electron chi connectivity index (χ4n) is 2.22. The maximum absolute atomic E-state index is 12.0. The topological polar surface area (TPSA) is 41.1 Å². The second-order valence-electron chi connectivity index (χ2n) is 5.00. The Morgan fingerprint density at radius 2 is 1.30 bits per heavy atom. The minimum atomic E-state index is -0.328. The van der Waals surface area contributed by atoms with Crippen LogP contribution in [-0.2, 0) is 0 Å². The van der Waals surface area contributed by atoms with Crippen molar-refractivity contribution in [2.24, 2.45) is 0 Å². The molecule has 0 heterocycles. The lowest BCUT2D eigenvalue weighted by molar-refractivity contribution is 0.262. The summed E-state index contributed by atoms with van der Waals surface area (Å²) in [6.45, 7) is 0. The first kappa shape index (κ1) is 15.1. The first-order valence-electron chi connectivity index (χ1n) is 7.20. The van der Waals surface area contributed by atoms with Crippen molar-refractivity contribution in [2.45, 2.75) is 0 Å². The lowest BCUT2D eigenvalue weighted by Gasteiger charge is -2.09. The molecule has 0 aromatic heterocycles. The number of benzene rings is 3. The molecule has 0 aliphatic rings. The molecular weight excluding hydrogens is 308 g/mol. The molecule has 0 aliphatic carbocycles. The van der Waals surface area contributed by atoms with Gasteiger partial charge >= 0.3 is 6.03 Å². The highest BCUT2D eigenvalue weighted by atomic mass is 35.5. The van der Waals surface area contributed by atoms with Gasteiger partial charge in [0.25, 0.3) is 0 Å². The van der Waals surface area contributed by atoms with Gasteiger partial charge in [-0.25, -0.2) is 4.79 Å². The molecular formula is C19H15ClN2O. The molecule has 0 radical (unpaired) electrons. The Morgan fingerprint density at radius 1 is 0.696 bits per heavy atom. The van der Waals surface area contributed by atoms with E-state index in [2.05, 4.69) is 10.6 Å². The summed E-state index contributed by atoms with van der Waals surface area (Å²) in [5.41, 5.74) is 3.53. The molecule has 0 bridgehead atoms. The Bertz CT molecular complexity index is 801. The van der Waals surface area contributed by atoms with E-state index in [9.17, 15) is 4.79 Å². The van der Waals surface area contributed by atoms with Gasteiger partial charge in [0.15, 0.2) is 0 Å². The number of nitrogens with one attached hydrogen (secondary N) is 2. The van der Waals surface area contributed by atoms with E-state index in [0.717, 1.165) is 11.1 Å². The molecule has 23 heavy (non-hydrogen) atoms. The van der Waals surface area contributed by atoms with Crippen molar-refractivity contribution in [1.29, 1.82) is 0 Å². The van der Waals surface area contributed by atoms with Gasteiger partial charge in [0.2, 0.25) is 0 Å². The molecule has 0 saturated heterocycles. The highest BCUT2D eigenvalue weighted by Gasteiger charge is 2.05. The molecule has 114 valence electrons. The number of hydrogen-bond donors (Lipinski definition) is 2. The van der Waals surface area contributed by atoms with E-state index in [1.54, 1.807) is 12.1 Å². The van der Waals surface area contributed by atoms with Crippen LogP contribution in [0.3, 0.4) is 0 Å². The third-order valence-corrected chi connectivity index (χ3v) is 3.70. The highest BCUT2D eigenvalue weighted by Crippen LogP contribution is 2.22. The van der Waals surface area contributed by atoms with E-state index in [0.29, 0.717) is 16.4 Å². The number of para-hydroxylation sites is 1. The number of halogens is 1. The van der Waals surface area contributed by atoms with Gasteiger partial charge in [0.1, 0.15) is 0 Å². The number of amides is 2. The van der Waals surface area contributed by atoms with Crippen LogP contribution in [0.5, 0.6) is 0 Å². The van der Waals surface area contributed by atoms with Crippen LogP contribution < -0.4 is 10.6 Å². The second-order valence-corrected chi connectivity index (χ2v) is 5.41. The average Bonchev–Trinajstić information content (AvgIpc) is 2.58. The van der Waals surface area contributed by atoms with Gasteiger partial charge in [-0.05, 0) is 35.4 Å². The van der Waals surface area contributed by atoms with Crippen molar-refractivity contribution in [3.05, 3.63) is 83.9 Å².